The second-order valence-corrected chi connectivity index (χ2v) is 11.5. The quantitative estimate of drug-likeness (QED) is 0.461. The average molecular weight is 496 g/mol. The number of nitrogens with one attached hydrogen (secondary N) is 3. The molecule has 1 aliphatic carbocycles. The van der Waals surface area contributed by atoms with Crippen LogP contribution in [-0.4, -0.2) is 42.9 Å². The number of benzene rings is 2. The Labute approximate surface area is 195 Å². The summed E-state index contributed by atoms with van der Waals surface area (Å²) in [7, 11) is -4.46. The van der Waals surface area contributed by atoms with Crippen molar-refractivity contribution >= 4 is 26.0 Å². The molecule has 0 aliphatic heterocycles. The third-order valence-electron chi connectivity index (χ3n) is 5.54. The van der Waals surface area contributed by atoms with E-state index in [4.69, 9.17) is 4.74 Å². The Balaban J connectivity index is 1.69. The molecule has 180 valence electrons. The predicted molar refractivity (Wildman–Crippen MR) is 125 cm³/mol. The average Bonchev–Trinajstić information content (AvgIpc) is 3.30. The van der Waals surface area contributed by atoms with Crippen LogP contribution in [0.2, 0.25) is 0 Å². The highest BCUT2D eigenvalue weighted by Crippen LogP contribution is 2.27. The van der Waals surface area contributed by atoms with E-state index in [-0.39, 0.29) is 34.5 Å². The van der Waals surface area contributed by atoms with Gasteiger partial charge in [0.05, 0.1) is 12.9 Å². The molecule has 0 heterocycles. The lowest BCUT2D eigenvalue weighted by Crippen LogP contribution is -2.33. The minimum Gasteiger partial charge on any atom is -0.495 e. The van der Waals surface area contributed by atoms with Crippen LogP contribution in [-0.2, 0) is 32.3 Å². The van der Waals surface area contributed by atoms with Crippen LogP contribution in [0.1, 0.15) is 47.2 Å². The Kier molecular flexibility index (Phi) is 8.11. The second kappa shape index (κ2) is 10.6. The molecule has 0 spiro atoms. The standard InChI is InChI=1S/C22H29N3O6S2/c1-23-32(27,28)15-17-9-7-16(8-10-17)14-24-22(26)18-11-12-20(31-2)21(13-18)33(29,30)25-19-5-3-4-6-19/h7-13,19,23,25H,3-6,14-15H2,1-2H3,(H,24,26). The first-order chi connectivity index (χ1) is 15.6. The van der Waals surface area contributed by atoms with Gasteiger partial charge in [0.1, 0.15) is 10.6 Å². The molecule has 9 nitrogen and oxygen atoms in total. The summed E-state index contributed by atoms with van der Waals surface area (Å²) in [6, 6.07) is 11.0. The number of amides is 1. The predicted octanol–water partition coefficient (Wildman–Crippen LogP) is 1.90. The van der Waals surface area contributed by atoms with E-state index < -0.39 is 26.0 Å². The highest BCUT2D eigenvalue weighted by atomic mass is 32.2. The summed E-state index contributed by atoms with van der Waals surface area (Å²) >= 11 is 0. The summed E-state index contributed by atoms with van der Waals surface area (Å²) in [4.78, 5) is 12.6. The molecule has 1 aliphatic rings. The van der Waals surface area contributed by atoms with Crippen LogP contribution < -0.4 is 19.5 Å². The molecule has 2 aromatic rings. The van der Waals surface area contributed by atoms with E-state index in [1.807, 2.05) is 0 Å². The topological polar surface area (TPSA) is 131 Å². The van der Waals surface area contributed by atoms with Gasteiger partial charge in [-0.3, -0.25) is 4.79 Å². The van der Waals surface area contributed by atoms with E-state index >= 15 is 0 Å². The summed E-state index contributed by atoms with van der Waals surface area (Å²) in [6.07, 6.45) is 3.56. The van der Waals surface area contributed by atoms with Crippen LogP contribution in [0, 0.1) is 0 Å². The summed E-state index contributed by atoms with van der Waals surface area (Å²) in [5, 5.41) is 2.76. The monoisotopic (exact) mass is 495 g/mol. The van der Waals surface area contributed by atoms with E-state index in [9.17, 15) is 21.6 Å². The van der Waals surface area contributed by atoms with E-state index in [0.29, 0.717) is 5.56 Å². The van der Waals surface area contributed by atoms with Crippen LogP contribution in [0.4, 0.5) is 0 Å². The minimum absolute atomic E-state index is 0.0698. The lowest BCUT2D eigenvalue weighted by atomic mass is 10.1. The zero-order valence-electron chi connectivity index (χ0n) is 18.6. The summed E-state index contributed by atoms with van der Waals surface area (Å²) in [6.45, 7) is 0.201. The Bertz CT molecular complexity index is 1190. The Morgan fingerprint density at radius 1 is 1.00 bits per heavy atom. The van der Waals surface area contributed by atoms with Crippen molar-refractivity contribution in [3.05, 3.63) is 59.2 Å². The number of carbonyl (C=O) groups is 1. The number of hydrogen-bond donors (Lipinski definition) is 3. The largest absolute Gasteiger partial charge is 0.495 e. The molecule has 0 radical (unpaired) electrons. The van der Waals surface area contributed by atoms with E-state index in [1.165, 1.54) is 32.4 Å². The normalized spacial score (nSPS) is 14.8. The smallest absolute Gasteiger partial charge is 0.251 e. The number of carbonyl (C=O) groups excluding carboxylic acids is 1. The molecule has 0 saturated heterocycles. The van der Waals surface area contributed by atoms with Crippen LogP contribution in [0.5, 0.6) is 5.75 Å². The number of ether oxygens (including phenoxy) is 1. The molecule has 0 bridgehead atoms. The molecule has 3 rings (SSSR count). The molecule has 11 heteroatoms. The molecular weight excluding hydrogens is 466 g/mol. The molecule has 0 unspecified atom stereocenters. The Morgan fingerprint density at radius 3 is 2.24 bits per heavy atom. The Hall–Kier alpha value is -2.47. The molecule has 33 heavy (non-hydrogen) atoms. The van der Waals surface area contributed by atoms with Gasteiger partial charge >= 0.3 is 0 Å². The first-order valence-electron chi connectivity index (χ1n) is 10.6. The van der Waals surface area contributed by atoms with Crippen molar-refractivity contribution in [1.29, 1.82) is 0 Å². The van der Waals surface area contributed by atoms with Gasteiger partial charge in [0, 0.05) is 18.2 Å². The molecule has 0 atom stereocenters. The van der Waals surface area contributed by atoms with Gasteiger partial charge in [-0.15, -0.1) is 0 Å². The first kappa shape index (κ1) is 25.2. The van der Waals surface area contributed by atoms with Gasteiger partial charge in [0.2, 0.25) is 20.0 Å². The molecule has 1 amide bonds. The van der Waals surface area contributed by atoms with Gasteiger partial charge in [-0.25, -0.2) is 26.3 Å². The van der Waals surface area contributed by atoms with Gasteiger partial charge in [0.15, 0.2) is 0 Å². The van der Waals surface area contributed by atoms with Crippen molar-refractivity contribution in [2.24, 2.45) is 0 Å². The molecule has 1 saturated carbocycles. The zero-order valence-corrected chi connectivity index (χ0v) is 20.3. The van der Waals surface area contributed by atoms with Crippen LogP contribution in [0.3, 0.4) is 0 Å². The van der Waals surface area contributed by atoms with E-state index in [2.05, 4.69) is 14.8 Å². The molecule has 1 fully saturated rings. The second-order valence-electron chi connectivity index (χ2n) is 7.93. The van der Waals surface area contributed by atoms with Crippen molar-refractivity contribution in [3.8, 4) is 5.75 Å². The maximum Gasteiger partial charge on any atom is 0.251 e. The number of sulfonamides is 2. The number of methoxy groups -OCH3 is 1. The van der Waals surface area contributed by atoms with Crippen molar-refractivity contribution in [3.63, 3.8) is 0 Å². The Morgan fingerprint density at radius 2 is 1.64 bits per heavy atom. The van der Waals surface area contributed by atoms with Gasteiger partial charge in [0.25, 0.3) is 5.91 Å². The number of rotatable bonds is 10. The van der Waals surface area contributed by atoms with Crippen LogP contribution >= 0.6 is 0 Å². The maximum atomic E-state index is 12.9. The summed E-state index contributed by atoms with van der Waals surface area (Å²) < 4.78 is 59.3. The lowest BCUT2D eigenvalue weighted by molar-refractivity contribution is 0.0950. The summed E-state index contributed by atoms with van der Waals surface area (Å²) in [5.74, 6) is -0.394. The highest BCUT2D eigenvalue weighted by Gasteiger charge is 2.26. The van der Waals surface area contributed by atoms with Crippen LogP contribution in [0.25, 0.3) is 0 Å². The SMILES string of the molecule is CNS(=O)(=O)Cc1ccc(CNC(=O)c2ccc(OC)c(S(=O)(=O)NC3CCCC3)c2)cc1. The summed E-state index contributed by atoms with van der Waals surface area (Å²) in [5.41, 5.74) is 1.59. The fourth-order valence-electron chi connectivity index (χ4n) is 3.68. The van der Waals surface area contributed by atoms with Gasteiger partial charge in [-0.2, -0.15) is 0 Å². The van der Waals surface area contributed by atoms with Gasteiger partial charge < -0.3 is 10.1 Å². The highest BCUT2D eigenvalue weighted by molar-refractivity contribution is 7.89. The maximum absolute atomic E-state index is 12.9. The molecular formula is C22H29N3O6S2. The number of hydrogen-bond acceptors (Lipinski definition) is 6. The molecule has 0 aromatic heterocycles. The van der Waals surface area contributed by atoms with Crippen LogP contribution in [0.15, 0.2) is 47.4 Å². The fraction of sp³-hybridized carbons (Fsp3) is 0.409. The van der Waals surface area contributed by atoms with E-state index in [1.54, 1.807) is 24.3 Å². The van der Waals surface area contributed by atoms with Crippen molar-refractivity contribution in [1.82, 2.24) is 14.8 Å². The molecule has 3 N–H and O–H groups in total. The van der Waals surface area contributed by atoms with Crippen molar-refractivity contribution < 1.29 is 26.4 Å². The van der Waals surface area contributed by atoms with Crippen molar-refractivity contribution in [2.45, 2.75) is 48.9 Å². The lowest BCUT2D eigenvalue weighted by Gasteiger charge is -2.16. The fourth-order valence-corrected chi connectivity index (χ4v) is 5.96. The van der Waals surface area contributed by atoms with E-state index in [0.717, 1.165) is 31.2 Å². The van der Waals surface area contributed by atoms with Gasteiger partial charge in [-0.05, 0) is 49.2 Å². The third kappa shape index (κ3) is 6.76. The van der Waals surface area contributed by atoms with Crippen molar-refractivity contribution in [2.75, 3.05) is 14.2 Å². The van der Waals surface area contributed by atoms with Gasteiger partial charge in [-0.1, -0.05) is 37.1 Å². The zero-order chi connectivity index (χ0) is 24.1. The molecule has 2 aromatic carbocycles. The third-order valence-corrected chi connectivity index (χ3v) is 8.41. The minimum atomic E-state index is -3.84. The first-order valence-corrected chi connectivity index (χ1v) is 13.7.